The van der Waals surface area contributed by atoms with Crippen LogP contribution >= 0.6 is 11.8 Å². The van der Waals surface area contributed by atoms with Gasteiger partial charge < -0.3 is 9.64 Å². The second kappa shape index (κ2) is 9.69. The SMILES string of the molecule is C=CCn1c(SCC(=O)N2CC[C@@H]3CCCC[C@H]3C2)nnc1-c1ccccc1OC. The molecule has 0 spiro atoms. The minimum absolute atomic E-state index is 0.205. The maximum atomic E-state index is 12.9. The Morgan fingerprint density at radius 1 is 1.23 bits per heavy atom. The van der Waals surface area contributed by atoms with Crippen molar-refractivity contribution in [3.8, 4) is 17.1 Å². The number of aromatic nitrogens is 3. The van der Waals surface area contributed by atoms with E-state index in [-0.39, 0.29) is 5.91 Å². The smallest absolute Gasteiger partial charge is 0.233 e. The van der Waals surface area contributed by atoms with Crippen molar-refractivity contribution >= 4 is 17.7 Å². The zero-order valence-corrected chi connectivity index (χ0v) is 18.4. The molecule has 1 aliphatic carbocycles. The van der Waals surface area contributed by atoms with E-state index in [1.807, 2.05) is 34.9 Å². The van der Waals surface area contributed by atoms with Crippen LogP contribution in [0.15, 0.2) is 42.1 Å². The fourth-order valence-electron chi connectivity index (χ4n) is 4.76. The third-order valence-electron chi connectivity index (χ3n) is 6.35. The summed E-state index contributed by atoms with van der Waals surface area (Å²) in [5.74, 6) is 3.59. The second-order valence-corrected chi connectivity index (χ2v) is 9.07. The van der Waals surface area contributed by atoms with E-state index in [0.717, 1.165) is 47.7 Å². The molecule has 1 aromatic heterocycles. The molecule has 2 aromatic rings. The number of benzene rings is 1. The zero-order chi connectivity index (χ0) is 20.9. The molecule has 4 rings (SSSR count). The van der Waals surface area contributed by atoms with Gasteiger partial charge in [0.2, 0.25) is 5.91 Å². The fourth-order valence-corrected chi connectivity index (χ4v) is 5.61. The van der Waals surface area contributed by atoms with Crippen LogP contribution in [-0.4, -0.2) is 51.5 Å². The number of carbonyl (C=O) groups excluding carboxylic acids is 1. The molecule has 1 aliphatic heterocycles. The van der Waals surface area contributed by atoms with Crippen molar-refractivity contribution in [2.45, 2.75) is 43.8 Å². The molecule has 1 saturated carbocycles. The van der Waals surface area contributed by atoms with Crippen LogP contribution in [0.2, 0.25) is 0 Å². The Morgan fingerprint density at radius 3 is 2.83 bits per heavy atom. The first-order chi connectivity index (χ1) is 14.7. The van der Waals surface area contributed by atoms with Gasteiger partial charge in [-0.1, -0.05) is 49.2 Å². The van der Waals surface area contributed by atoms with Crippen LogP contribution in [0.1, 0.15) is 32.1 Å². The van der Waals surface area contributed by atoms with E-state index < -0.39 is 0 Å². The number of amides is 1. The summed E-state index contributed by atoms with van der Waals surface area (Å²) in [7, 11) is 1.65. The highest BCUT2D eigenvalue weighted by molar-refractivity contribution is 7.99. The first-order valence-electron chi connectivity index (χ1n) is 10.8. The number of carbonyl (C=O) groups is 1. The van der Waals surface area contributed by atoms with Gasteiger partial charge in [0, 0.05) is 19.6 Å². The van der Waals surface area contributed by atoms with Crippen LogP contribution in [0.25, 0.3) is 11.4 Å². The van der Waals surface area contributed by atoms with Crippen molar-refractivity contribution in [2.24, 2.45) is 11.8 Å². The maximum Gasteiger partial charge on any atom is 0.233 e. The van der Waals surface area contributed by atoms with E-state index >= 15 is 0 Å². The maximum absolute atomic E-state index is 12.9. The summed E-state index contributed by atoms with van der Waals surface area (Å²) in [6.45, 7) is 6.26. The average Bonchev–Trinajstić information content (AvgIpc) is 3.19. The largest absolute Gasteiger partial charge is 0.496 e. The lowest BCUT2D eigenvalue weighted by atomic mass is 9.75. The van der Waals surface area contributed by atoms with E-state index in [1.165, 1.54) is 37.4 Å². The van der Waals surface area contributed by atoms with Gasteiger partial charge in [-0.3, -0.25) is 9.36 Å². The standard InChI is InChI=1S/C23H30N4O2S/c1-3-13-27-22(19-10-6-7-11-20(19)29-2)24-25-23(27)30-16-21(28)26-14-12-17-8-4-5-9-18(17)15-26/h3,6-7,10-11,17-18H,1,4-5,8-9,12-16H2,2H3/t17-,18-/m0/s1. The van der Waals surface area contributed by atoms with Gasteiger partial charge >= 0.3 is 0 Å². The molecule has 7 heteroatoms. The van der Waals surface area contributed by atoms with Crippen LogP contribution in [0.3, 0.4) is 0 Å². The molecule has 2 aliphatic rings. The van der Waals surface area contributed by atoms with Crippen LogP contribution in [0.5, 0.6) is 5.75 Å². The molecule has 0 unspecified atom stereocenters. The van der Waals surface area contributed by atoms with Crippen LogP contribution in [0.4, 0.5) is 0 Å². The van der Waals surface area contributed by atoms with Gasteiger partial charge in [0.25, 0.3) is 0 Å². The first-order valence-corrected chi connectivity index (χ1v) is 11.8. The van der Waals surface area contributed by atoms with Gasteiger partial charge in [-0.15, -0.1) is 16.8 Å². The number of allylic oxidation sites excluding steroid dienone is 1. The van der Waals surface area contributed by atoms with E-state index in [4.69, 9.17) is 4.74 Å². The topological polar surface area (TPSA) is 60.2 Å². The van der Waals surface area contributed by atoms with Crippen LogP contribution in [-0.2, 0) is 11.3 Å². The molecule has 0 bridgehead atoms. The lowest BCUT2D eigenvalue weighted by Crippen LogP contribution is -2.45. The molecule has 6 nitrogen and oxygen atoms in total. The van der Waals surface area contributed by atoms with Gasteiger partial charge in [0.05, 0.1) is 18.4 Å². The highest BCUT2D eigenvalue weighted by Crippen LogP contribution is 2.36. The molecular weight excluding hydrogens is 396 g/mol. The third-order valence-corrected chi connectivity index (χ3v) is 7.30. The summed E-state index contributed by atoms with van der Waals surface area (Å²) >= 11 is 1.46. The van der Waals surface area contributed by atoms with Gasteiger partial charge in [-0.2, -0.15) is 0 Å². The summed E-state index contributed by atoms with van der Waals surface area (Å²) in [5.41, 5.74) is 0.881. The minimum Gasteiger partial charge on any atom is -0.496 e. The number of thioether (sulfide) groups is 1. The summed E-state index contributed by atoms with van der Waals surface area (Å²) in [6.07, 6.45) is 8.27. The zero-order valence-electron chi connectivity index (χ0n) is 17.6. The number of ether oxygens (including phenoxy) is 1. The van der Waals surface area contributed by atoms with Crippen molar-refractivity contribution in [1.82, 2.24) is 19.7 Å². The quantitative estimate of drug-likeness (QED) is 0.489. The first kappa shape index (κ1) is 21.0. The van der Waals surface area contributed by atoms with Crippen LogP contribution < -0.4 is 4.74 Å². The molecular formula is C23H30N4O2S. The number of hydrogen-bond donors (Lipinski definition) is 0. The van der Waals surface area contributed by atoms with Crippen molar-refractivity contribution < 1.29 is 9.53 Å². The number of fused-ring (bicyclic) bond motifs is 1. The van der Waals surface area contributed by atoms with E-state index in [1.54, 1.807) is 7.11 Å². The molecule has 1 aromatic carbocycles. The monoisotopic (exact) mass is 426 g/mol. The number of para-hydroxylation sites is 1. The van der Waals surface area contributed by atoms with E-state index in [2.05, 4.69) is 21.7 Å². The number of nitrogens with zero attached hydrogens (tertiary/aromatic N) is 4. The number of piperidine rings is 1. The number of rotatable bonds is 7. The summed E-state index contributed by atoms with van der Waals surface area (Å²) < 4.78 is 7.48. The number of likely N-dealkylation sites (tertiary alicyclic amines) is 1. The molecule has 1 saturated heterocycles. The Labute approximate surface area is 182 Å². The number of hydrogen-bond acceptors (Lipinski definition) is 5. The fraction of sp³-hybridized carbons (Fsp3) is 0.522. The van der Waals surface area contributed by atoms with Crippen molar-refractivity contribution in [2.75, 3.05) is 26.0 Å². The molecule has 30 heavy (non-hydrogen) atoms. The average molecular weight is 427 g/mol. The summed E-state index contributed by atoms with van der Waals surface area (Å²) in [5, 5.41) is 9.50. The van der Waals surface area contributed by atoms with Crippen molar-refractivity contribution in [3.05, 3.63) is 36.9 Å². The Kier molecular flexibility index (Phi) is 6.77. The highest BCUT2D eigenvalue weighted by atomic mass is 32.2. The Hall–Kier alpha value is -2.28. The van der Waals surface area contributed by atoms with Crippen LogP contribution in [0, 0.1) is 11.8 Å². The molecule has 160 valence electrons. The Balaban J connectivity index is 1.45. The Morgan fingerprint density at radius 2 is 2.03 bits per heavy atom. The van der Waals surface area contributed by atoms with Gasteiger partial charge in [-0.05, 0) is 36.8 Å². The van der Waals surface area contributed by atoms with E-state index in [9.17, 15) is 4.79 Å². The highest BCUT2D eigenvalue weighted by Gasteiger charge is 2.33. The predicted molar refractivity (Wildman–Crippen MR) is 120 cm³/mol. The molecule has 2 fully saturated rings. The minimum atomic E-state index is 0.205. The normalized spacial score (nSPS) is 21.2. The molecule has 2 heterocycles. The lowest BCUT2D eigenvalue weighted by Gasteiger charge is -2.41. The molecule has 0 radical (unpaired) electrons. The Bertz CT molecular complexity index is 897. The third kappa shape index (κ3) is 4.41. The van der Waals surface area contributed by atoms with Gasteiger partial charge in [-0.25, -0.2) is 0 Å². The summed E-state index contributed by atoms with van der Waals surface area (Å²) in [4.78, 5) is 15.0. The molecule has 2 atom stereocenters. The van der Waals surface area contributed by atoms with Crippen molar-refractivity contribution in [3.63, 3.8) is 0 Å². The van der Waals surface area contributed by atoms with Gasteiger partial charge in [0.1, 0.15) is 5.75 Å². The van der Waals surface area contributed by atoms with Crippen molar-refractivity contribution in [1.29, 1.82) is 0 Å². The summed E-state index contributed by atoms with van der Waals surface area (Å²) in [6, 6.07) is 7.76. The second-order valence-electron chi connectivity index (χ2n) is 8.13. The van der Waals surface area contributed by atoms with Gasteiger partial charge in [0.15, 0.2) is 11.0 Å². The molecule has 1 amide bonds. The van der Waals surface area contributed by atoms with E-state index in [0.29, 0.717) is 18.2 Å². The molecule has 0 N–H and O–H groups in total. The predicted octanol–water partition coefficient (Wildman–Crippen LogP) is 4.27. The number of methoxy groups -OCH3 is 1. The lowest BCUT2D eigenvalue weighted by molar-refractivity contribution is -0.131.